The van der Waals surface area contributed by atoms with Gasteiger partial charge in [0, 0.05) is 13.6 Å². The van der Waals surface area contributed by atoms with E-state index in [-0.39, 0.29) is 0 Å². The Bertz CT molecular complexity index is 364. The van der Waals surface area contributed by atoms with Gasteiger partial charge < -0.3 is 15.4 Å². The molecular weight excluding hydrogens is 262 g/mol. The van der Waals surface area contributed by atoms with E-state index in [9.17, 15) is 0 Å². The van der Waals surface area contributed by atoms with Gasteiger partial charge in [-0.05, 0) is 31.8 Å². The zero-order valence-corrected chi connectivity index (χ0v) is 12.7. The molecule has 0 spiro atoms. The number of nitrogens with one attached hydrogen (secondary N) is 2. The lowest BCUT2D eigenvalue weighted by Gasteiger charge is -2.08. The Labute approximate surface area is 119 Å². The second kappa shape index (κ2) is 9.66. The normalized spacial score (nSPS) is 10.3. The summed E-state index contributed by atoms with van der Waals surface area (Å²) in [5.41, 5.74) is 0. The third-order valence-corrected chi connectivity index (χ3v) is 3.12. The molecule has 0 fully saturated rings. The summed E-state index contributed by atoms with van der Waals surface area (Å²) < 4.78 is 5.30. The summed E-state index contributed by atoms with van der Waals surface area (Å²) in [6, 6.07) is 0.353. The van der Waals surface area contributed by atoms with Crippen LogP contribution in [-0.4, -0.2) is 47.2 Å². The molecule has 0 atom stereocenters. The maximum absolute atomic E-state index is 5.30. The highest BCUT2D eigenvalue weighted by atomic mass is 32.2. The van der Waals surface area contributed by atoms with Crippen molar-refractivity contribution < 1.29 is 4.74 Å². The lowest BCUT2D eigenvalue weighted by molar-refractivity contribution is 0.312. The van der Waals surface area contributed by atoms with Crippen LogP contribution < -0.4 is 15.4 Å². The van der Waals surface area contributed by atoms with E-state index in [1.54, 1.807) is 7.05 Å². The van der Waals surface area contributed by atoms with Crippen LogP contribution in [0.25, 0.3) is 0 Å². The summed E-state index contributed by atoms with van der Waals surface area (Å²) in [6.45, 7) is 3.32. The van der Waals surface area contributed by atoms with Crippen LogP contribution in [0, 0.1) is 0 Å². The Kier molecular flexibility index (Phi) is 8.04. The van der Waals surface area contributed by atoms with Crippen LogP contribution in [0.5, 0.6) is 6.01 Å². The van der Waals surface area contributed by atoms with Crippen molar-refractivity contribution in [1.29, 1.82) is 0 Å². The van der Waals surface area contributed by atoms with Crippen LogP contribution >= 0.6 is 11.8 Å². The smallest absolute Gasteiger partial charge is 0.323 e. The number of hydrogen-bond acceptors (Lipinski definition) is 7. The number of ether oxygens (including phenoxy) is 1. The van der Waals surface area contributed by atoms with Gasteiger partial charge in [0.15, 0.2) is 0 Å². The minimum absolute atomic E-state index is 0.353. The average Bonchev–Trinajstić information content (AvgIpc) is 2.43. The van der Waals surface area contributed by atoms with Crippen LogP contribution in [-0.2, 0) is 0 Å². The molecule has 1 heterocycles. The quantitative estimate of drug-likeness (QED) is 0.639. The molecule has 0 radical (unpaired) electrons. The highest BCUT2D eigenvalue weighted by Gasteiger charge is 2.05. The maximum atomic E-state index is 5.30. The molecule has 0 aromatic carbocycles. The fourth-order valence-corrected chi connectivity index (χ4v) is 1.98. The Morgan fingerprint density at radius 2 is 1.89 bits per heavy atom. The maximum Gasteiger partial charge on any atom is 0.323 e. The summed E-state index contributed by atoms with van der Waals surface area (Å²) in [7, 11) is 1.78. The molecule has 0 aliphatic carbocycles. The molecule has 0 aliphatic rings. The van der Waals surface area contributed by atoms with Crippen molar-refractivity contribution in [3.8, 4) is 6.01 Å². The molecular formula is C12H23N5OS. The average molecular weight is 285 g/mol. The minimum atomic E-state index is 0.353. The molecule has 7 heteroatoms. The second-order valence-electron chi connectivity index (χ2n) is 3.93. The van der Waals surface area contributed by atoms with E-state index in [1.165, 1.54) is 18.6 Å². The van der Waals surface area contributed by atoms with E-state index in [0.29, 0.717) is 24.5 Å². The molecule has 6 nitrogen and oxygen atoms in total. The van der Waals surface area contributed by atoms with E-state index in [1.807, 2.05) is 18.7 Å². The van der Waals surface area contributed by atoms with Gasteiger partial charge in [-0.25, -0.2) is 0 Å². The third kappa shape index (κ3) is 6.47. The van der Waals surface area contributed by atoms with Gasteiger partial charge in [-0.1, -0.05) is 6.42 Å². The molecule has 0 aliphatic heterocycles. The van der Waals surface area contributed by atoms with Crippen molar-refractivity contribution in [2.75, 3.05) is 42.8 Å². The van der Waals surface area contributed by atoms with Gasteiger partial charge in [0.25, 0.3) is 0 Å². The van der Waals surface area contributed by atoms with E-state index in [4.69, 9.17) is 4.74 Å². The summed E-state index contributed by atoms with van der Waals surface area (Å²) in [6.07, 6.45) is 5.73. The molecule has 1 aromatic heterocycles. The first-order valence-corrected chi connectivity index (χ1v) is 7.99. The van der Waals surface area contributed by atoms with Gasteiger partial charge in [-0.15, -0.1) is 0 Å². The van der Waals surface area contributed by atoms with Crippen molar-refractivity contribution in [3.63, 3.8) is 0 Å². The van der Waals surface area contributed by atoms with Gasteiger partial charge >= 0.3 is 6.01 Å². The van der Waals surface area contributed by atoms with Crippen LogP contribution in [0.4, 0.5) is 11.9 Å². The SMILES string of the molecule is CCOc1nc(NC)nc(NCCCCCSC)n1. The molecule has 0 saturated heterocycles. The number of hydrogen-bond donors (Lipinski definition) is 2. The summed E-state index contributed by atoms with van der Waals surface area (Å²) in [5, 5.41) is 6.11. The lowest BCUT2D eigenvalue weighted by atomic mass is 10.2. The van der Waals surface area contributed by atoms with Crippen LogP contribution in [0.15, 0.2) is 0 Å². The van der Waals surface area contributed by atoms with Crippen molar-refractivity contribution >= 4 is 23.7 Å². The predicted octanol–water partition coefficient (Wildman–Crippen LogP) is 2.26. The number of rotatable bonds is 10. The topological polar surface area (TPSA) is 72.0 Å². The van der Waals surface area contributed by atoms with Crippen molar-refractivity contribution in [2.24, 2.45) is 0 Å². The van der Waals surface area contributed by atoms with E-state index >= 15 is 0 Å². The standard InChI is InChI=1S/C12H23N5OS/c1-4-18-12-16-10(13-2)15-11(17-12)14-8-6-5-7-9-19-3/h4-9H2,1-3H3,(H2,13,14,15,16,17). The lowest BCUT2D eigenvalue weighted by Crippen LogP contribution is -2.10. The van der Waals surface area contributed by atoms with Crippen molar-refractivity contribution in [1.82, 2.24) is 15.0 Å². The van der Waals surface area contributed by atoms with Gasteiger partial charge in [0.1, 0.15) is 0 Å². The molecule has 0 unspecified atom stereocenters. The Morgan fingerprint density at radius 3 is 2.58 bits per heavy atom. The summed E-state index contributed by atoms with van der Waals surface area (Å²) in [4.78, 5) is 12.6. The number of aromatic nitrogens is 3. The summed E-state index contributed by atoms with van der Waals surface area (Å²) in [5.74, 6) is 2.31. The largest absolute Gasteiger partial charge is 0.464 e. The monoisotopic (exact) mass is 285 g/mol. The molecule has 0 saturated carbocycles. The van der Waals surface area contributed by atoms with Gasteiger partial charge in [-0.3, -0.25) is 0 Å². The minimum Gasteiger partial charge on any atom is -0.464 e. The molecule has 1 rings (SSSR count). The number of anilines is 2. The van der Waals surface area contributed by atoms with Crippen LogP contribution in [0.2, 0.25) is 0 Å². The van der Waals surface area contributed by atoms with Gasteiger partial charge in [0.2, 0.25) is 11.9 Å². The van der Waals surface area contributed by atoms with E-state index in [0.717, 1.165) is 13.0 Å². The Balaban J connectivity index is 2.41. The van der Waals surface area contributed by atoms with Gasteiger partial charge in [0.05, 0.1) is 6.61 Å². The molecule has 19 heavy (non-hydrogen) atoms. The Morgan fingerprint density at radius 1 is 1.11 bits per heavy atom. The highest BCUT2D eigenvalue weighted by molar-refractivity contribution is 7.98. The fourth-order valence-electron chi connectivity index (χ4n) is 1.49. The molecule has 2 N–H and O–H groups in total. The van der Waals surface area contributed by atoms with E-state index in [2.05, 4.69) is 31.8 Å². The van der Waals surface area contributed by atoms with Crippen molar-refractivity contribution in [2.45, 2.75) is 26.2 Å². The second-order valence-corrected chi connectivity index (χ2v) is 4.91. The molecule has 108 valence electrons. The van der Waals surface area contributed by atoms with Crippen molar-refractivity contribution in [3.05, 3.63) is 0 Å². The first-order valence-electron chi connectivity index (χ1n) is 6.59. The molecule has 0 amide bonds. The zero-order valence-electron chi connectivity index (χ0n) is 11.9. The molecule has 1 aromatic rings. The number of unbranched alkanes of at least 4 members (excludes halogenated alkanes) is 2. The first kappa shape index (κ1) is 15.8. The Hall–Kier alpha value is -1.24. The summed E-state index contributed by atoms with van der Waals surface area (Å²) >= 11 is 1.89. The third-order valence-electron chi connectivity index (χ3n) is 2.42. The molecule has 0 bridgehead atoms. The zero-order chi connectivity index (χ0) is 13.9. The van der Waals surface area contributed by atoms with Crippen LogP contribution in [0.1, 0.15) is 26.2 Å². The number of thioether (sulfide) groups is 1. The highest BCUT2D eigenvalue weighted by Crippen LogP contribution is 2.11. The predicted molar refractivity (Wildman–Crippen MR) is 81.3 cm³/mol. The first-order chi connectivity index (χ1) is 9.30. The fraction of sp³-hybridized carbons (Fsp3) is 0.750. The van der Waals surface area contributed by atoms with Gasteiger partial charge in [-0.2, -0.15) is 26.7 Å². The van der Waals surface area contributed by atoms with Crippen LogP contribution in [0.3, 0.4) is 0 Å². The number of nitrogens with zero attached hydrogens (tertiary/aromatic N) is 3. The van der Waals surface area contributed by atoms with E-state index < -0.39 is 0 Å².